The van der Waals surface area contributed by atoms with Crippen LogP contribution in [0.4, 0.5) is 0 Å². The molecular formula is C9H11NOS. The first kappa shape index (κ1) is 9.13. The van der Waals surface area contributed by atoms with Crippen molar-refractivity contribution in [1.29, 1.82) is 0 Å². The SMILES string of the molecule is O/N=C\CSCc1ccccc1. The van der Waals surface area contributed by atoms with Gasteiger partial charge in [0.15, 0.2) is 0 Å². The molecule has 0 bridgehead atoms. The molecule has 0 fully saturated rings. The number of oxime groups is 1. The average molecular weight is 181 g/mol. The summed E-state index contributed by atoms with van der Waals surface area (Å²) in [6.07, 6.45) is 1.49. The van der Waals surface area contributed by atoms with Crippen LogP contribution in [0.3, 0.4) is 0 Å². The molecule has 3 heteroatoms. The Morgan fingerprint density at radius 2 is 2.08 bits per heavy atom. The third kappa shape index (κ3) is 3.44. The molecule has 0 saturated heterocycles. The molecule has 1 aromatic rings. The molecule has 0 heterocycles. The van der Waals surface area contributed by atoms with Crippen molar-refractivity contribution in [3.63, 3.8) is 0 Å². The van der Waals surface area contributed by atoms with E-state index in [4.69, 9.17) is 5.21 Å². The Hall–Kier alpha value is -0.960. The summed E-state index contributed by atoms with van der Waals surface area (Å²) in [5.41, 5.74) is 1.30. The van der Waals surface area contributed by atoms with Crippen LogP contribution in [0.2, 0.25) is 0 Å². The summed E-state index contributed by atoms with van der Waals surface area (Å²) in [6.45, 7) is 0. The van der Waals surface area contributed by atoms with Crippen LogP contribution < -0.4 is 0 Å². The Bertz CT molecular complexity index is 236. The maximum Gasteiger partial charge on any atom is 0.0535 e. The maximum absolute atomic E-state index is 8.12. The van der Waals surface area contributed by atoms with Crippen LogP contribution in [0.1, 0.15) is 5.56 Å². The van der Waals surface area contributed by atoms with Gasteiger partial charge in [0.2, 0.25) is 0 Å². The summed E-state index contributed by atoms with van der Waals surface area (Å²) in [5.74, 6) is 1.72. The minimum atomic E-state index is 0.755. The lowest BCUT2D eigenvalue weighted by atomic mass is 10.2. The normalized spacial score (nSPS) is 10.7. The van der Waals surface area contributed by atoms with Gasteiger partial charge in [-0.3, -0.25) is 0 Å². The van der Waals surface area contributed by atoms with Gasteiger partial charge in [0, 0.05) is 11.5 Å². The third-order valence-corrected chi connectivity index (χ3v) is 2.31. The van der Waals surface area contributed by atoms with Crippen molar-refractivity contribution < 1.29 is 5.21 Å². The van der Waals surface area contributed by atoms with E-state index in [0.29, 0.717) is 0 Å². The molecule has 0 aliphatic rings. The first-order valence-corrected chi connectivity index (χ1v) is 4.86. The maximum atomic E-state index is 8.12. The van der Waals surface area contributed by atoms with Crippen LogP contribution in [-0.4, -0.2) is 17.2 Å². The fourth-order valence-corrected chi connectivity index (χ4v) is 1.56. The van der Waals surface area contributed by atoms with Gasteiger partial charge < -0.3 is 5.21 Å². The Morgan fingerprint density at radius 1 is 1.33 bits per heavy atom. The quantitative estimate of drug-likeness (QED) is 0.335. The lowest BCUT2D eigenvalue weighted by Crippen LogP contribution is -1.83. The van der Waals surface area contributed by atoms with Crippen LogP contribution in [0.25, 0.3) is 0 Å². The summed E-state index contributed by atoms with van der Waals surface area (Å²) in [5, 5.41) is 11.0. The Kier molecular flexibility index (Phi) is 4.31. The molecule has 0 radical (unpaired) electrons. The molecule has 0 aliphatic carbocycles. The predicted molar refractivity (Wildman–Crippen MR) is 52.9 cm³/mol. The second-order valence-corrected chi connectivity index (χ2v) is 3.33. The van der Waals surface area contributed by atoms with E-state index in [1.807, 2.05) is 18.2 Å². The number of thioether (sulfide) groups is 1. The van der Waals surface area contributed by atoms with E-state index >= 15 is 0 Å². The summed E-state index contributed by atoms with van der Waals surface area (Å²) in [4.78, 5) is 0. The molecule has 2 nitrogen and oxygen atoms in total. The number of hydrogen-bond donors (Lipinski definition) is 1. The number of nitrogens with zero attached hydrogens (tertiary/aromatic N) is 1. The lowest BCUT2D eigenvalue weighted by molar-refractivity contribution is 0.321. The number of benzene rings is 1. The average Bonchev–Trinajstić information content (AvgIpc) is 2.14. The predicted octanol–water partition coefficient (Wildman–Crippen LogP) is 2.38. The van der Waals surface area contributed by atoms with Crippen molar-refractivity contribution >= 4 is 18.0 Å². The Labute approximate surface area is 76.3 Å². The zero-order valence-corrected chi connectivity index (χ0v) is 7.50. The smallest absolute Gasteiger partial charge is 0.0535 e. The van der Waals surface area contributed by atoms with Gasteiger partial charge in [-0.25, -0.2) is 0 Å². The molecule has 64 valence electrons. The van der Waals surface area contributed by atoms with Crippen LogP contribution in [0.15, 0.2) is 35.5 Å². The van der Waals surface area contributed by atoms with Crippen LogP contribution in [-0.2, 0) is 5.75 Å². The molecule has 0 aromatic heterocycles. The second-order valence-electron chi connectivity index (χ2n) is 2.30. The molecule has 1 rings (SSSR count). The molecule has 12 heavy (non-hydrogen) atoms. The van der Waals surface area contributed by atoms with Crippen LogP contribution >= 0.6 is 11.8 Å². The van der Waals surface area contributed by atoms with E-state index in [-0.39, 0.29) is 0 Å². The molecular weight excluding hydrogens is 170 g/mol. The van der Waals surface area contributed by atoms with Crippen molar-refractivity contribution in [3.8, 4) is 0 Å². The highest BCUT2D eigenvalue weighted by molar-refractivity contribution is 7.99. The molecule has 0 unspecified atom stereocenters. The highest BCUT2D eigenvalue weighted by Gasteiger charge is 1.89. The van der Waals surface area contributed by atoms with Gasteiger partial charge in [-0.2, -0.15) is 11.8 Å². The van der Waals surface area contributed by atoms with Gasteiger partial charge in [-0.05, 0) is 5.56 Å². The van der Waals surface area contributed by atoms with Gasteiger partial charge in [-0.1, -0.05) is 30.3 Å². The van der Waals surface area contributed by atoms with Gasteiger partial charge >= 0.3 is 0 Å². The van der Waals surface area contributed by atoms with Crippen molar-refractivity contribution in [3.05, 3.63) is 35.9 Å². The lowest BCUT2D eigenvalue weighted by Gasteiger charge is -1.96. The fourth-order valence-electron chi connectivity index (χ4n) is 0.837. The monoisotopic (exact) mass is 181 g/mol. The first-order valence-electron chi connectivity index (χ1n) is 3.71. The minimum Gasteiger partial charge on any atom is -0.411 e. The zero-order valence-electron chi connectivity index (χ0n) is 6.68. The van der Waals surface area contributed by atoms with Crippen LogP contribution in [0, 0.1) is 0 Å². The van der Waals surface area contributed by atoms with E-state index in [2.05, 4.69) is 17.3 Å². The van der Waals surface area contributed by atoms with Crippen molar-refractivity contribution in [2.75, 3.05) is 5.75 Å². The van der Waals surface area contributed by atoms with Gasteiger partial charge in [0.1, 0.15) is 0 Å². The fraction of sp³-hybridized carbons (Fsp3) is 0.222. The van der Waals surface area contributed by atoms with Crippen molar-refractivity contribution in [2.24, 2.45) is 5.16 Å². The molecule has 1 N–H and O–H groups in total. The highest BCUT2D eigenvalue weighted by Crippen LogP contribution is 2.09. The van der Waals surface area contributed by atoms with E-state index < -0.39 is 0 Å². The van der Waals surface area contributed by atoms with E-state index in [9.17, 15) is 0 Å². The third-order valence-electron chi connectivity index (χ3n) is 1.39. The summed E-state index contributed by atoms with van der Waals surface area (Å²) < 4.78 is 0. The summed E-state index contributed by atoms with van der Waals surface area (Å²) in [6, 6.07) is 10.2. The summed E-state index contributed by atoms with van der Waals surface area (Å²) in [7, 11) is 0. The topological polar surface area (TPSA) is 32.6 Å². The zero-order chi connectivity index (χ0) is 8.65. The van der Waals surface area contributed by atoms with Crippen molar-refractivity contribution in [1.82, 2.24) is 0 Å². The number of hydrogen-bond acceptors (Lipinski definition) is 3. The minimum absolute atomic E-state index is 0.755. The van der Waals surface area contributed by atoms with E-state index in [1.165, 1.54) is 11.8 Å². The molecule has 0 aliphatic heterocycles. The van der Waals surface area contributed by atoms with Crippen molar-refractivity contribution in [2.45, 2.75) is 5.75 Å². The molecule has 0 atom stereocenters. The van der Waals surface area contributed by atoms with Gasteiger partial charge in [-0.15, -0.1) is 5.16 Å². The largest absolute Gasteiger partial charge is 0.411 e. The van der Waals surface area contributed by atoms with Gasteiger partial charge in [0.25, 0.3) is 0 Å². The van der Waals surface area contributed by atoms with Crippen LogP contribution in [0.5, 0.6) is 0 Å². The van der Waals surface area contributed by atoms with E-state index in [1.54, 1.807) is 11.8 Å². The molecule has 0 amide bonds. The molecule has 0 spiro atoms. The van der Waals surface area contributed by atoms with Gasteiger partial charge in [0.05, 0.1) is 6.21 Å². The molecule has 0 saturated carbocycles. The summed E-state index contributed by atoms with van der Waals surface area (Å²) >= 11 is 1.72. The Balaban J connectivity index is 2.24. The molecule has 1 aromatic carbocycles. The number of rotatable bonds is 4. The van der Waals surface area contributed by atoms with E-state index in [0.717, 1.165) is 11.5 Å². The second kappa shape index (κ2) is 5.66. The standard InChI is InChI=1S/C9H11NOS/c11-10-6-7-12-8-9-4-2-1-3-5-9/h1-6,11H,7-8H2/b10-6-. The highest BCUT2D eigenvalue weighted by atomic mass is 32.2. The first-order chi connectivity index (χ1) is 5.93. The Morgan fingerprint density at radius 3 is 2.75 bits per heavy atom.